The second-order valence-electron chi connectivity index (χ2n) is 9.74. The third kappa shape index (κ3) is 2.81. The average Bonchev–Trinajstić information content (AvgIpc) is 3.54. The number of hydrazone groups is 1. The molecule has 0 unspecified atom stereocenters. The number of carbonyl (C=O) groups is 2. The Hall–Kier alpha value is -3.18. The number of hydrogen-bond donors (Lipinski definition) is 0. The summed E-state index contributed by atoms with van der Waals surface area (Å²) in [6.45, 7) is 0.690. The molecular weight excluding hydrogens is 434 g/mol. The highest BCUT2D eigenvalue weighted by atomic mass is 35.5. The van der Waals surface area contributed by atoms with Gasteiger partial charge in [-0.25, -0.2) is 0 Å². The lowest BCUT2D eigenvalue weighted by Crippen LogP contribution is -2.40. The van der Waals surface area contributed by atoms with Gasteiger partial charge in [0.05, 0.1) is 18.1 Å². The Morgan fingerprint density at radius 3 is 2.30 bits per heavy atom. The Morgan fingerprint density at radius 1 is 0.939 bits per heavy atom. The van der Waals surface area contributed by atoms with Gasteiger partial charge in [0.2, 0.25) is 0 Å². The number of carbonyl (C=O) groups excluding carboxylic acids is 2. The van der Waals surface area contributed by atoms with Crippen LogP contribution in [0.15, 0.2) is 72.0 Å². The molecule has 0 N–H and O–H groups in total. The summed E-state index contributed by atoms with van der Waals surface area (Å²) in [5.41, 5.74) is 3.10. The van der Waals surface area contributed by atoms with Gasteiger partial charge >= 0.3 is 0 Å². The van der Waals surface area contributed by atoms with E-state index < -0.39 is 0 Å². The van der Waals surface area contributed by atoms with Crippen LogP contribution in [-0.2, 0) is 16.1 Å². The van der Waals surface area contributed by atoms with Gasteiger partial charge < -0.3 is 4.57 Å². The van der Waals surface area contributed by atoms with Crippen LogP contribution in [0.2, 0.25) is 5.02 Å². The van der Waals surface area contributed by atoms with Crippen molar-refractivity contribution in [2.24, 2.45) is 40.6 Å². The molecule has 3 aromatic rings. The van der Waals surface area contributed by atoms with Crippen LogP contribution in [0.3, 0.4) is 0 Å². The molecule has 6 heteroatoms. The summed E-state index contributed by atoms with van der Waals surface area (Å²) >= 11 is 6.03. The SMILES string of the molecule is O=C1[C@@H]2[C@H]3C=C[C@@H]([C@@H]4C[C@@H]34)[C@@H]2C(=O)N1/N=C\c1cn(Cc2ccc(Cl)cc2)c2ccccc12. The second-order valence-corrected chi connectivity index (χ2v) is 10.2. The van der Waals surface area contributed by atoms with Crippen molar-refractivity contribution in [1.29, 1.82) is 0 Å². The predicted molar refractivity (Wildman–Crippen MR) is 127 cm³/mol. The highest BCUT2D eigenvalue weighted by molar-refractivity contribution is 6.30. The first-order valence-corrected chi connectivity index (χ1v) is 11.9. The molecule has 0 radical (unpaired) electrons. The van der Waals surface area contributed by atoms with Crippen molar-refractivity contribution in [3.05, 3.63) is 83.0 Å². The van der Waals surface area contributed by atoms with E-state index in [1.807, 2.05) is 48.7 Å². The van der Waals surface area contributed by atoms with Crippen LogP contribution < -0.4 is 0 Å². The van der Waals surface area contributed by atoms with E-state index in [1.165, 1.54) is 0 Å². The third-order valence-electron chi connectivity index (χ3n) is 8.04. The molecule has 5 nitrogen and oxygen atoms in total. The van der Waals surface area contributed by atoms with Gasteiger partial charge in [0.1, 0.15) is 0 Å². The van der Waals surface area contributed by atoms with Crippen molar-refractivity contribution in [3.63, 3.8) is 0 Å². The molecule has 164 valence electrons. The molecule has 2 aromatic carbocycles. The minimum Gasteiger partial charge on any atom is -0.342 e. The van der Waals surface area contributed by atoms with Gasteiger partial charge in [-0.2, -0.15) is 10.1 Å². The zero-order valence-corrected chi connectivity index (χ0v) is 18.6. The maximum absolute atomic E-state index is 13.2. The van der Waals surface area contributed by atoms with Crippen LogP contribution in [0.1, 0.15) is 17.5 Å². The smallest absolute Gasteiger partial charge is 0.254 e. The number of aromatic nitrogens is 1. The van der Waals surface area contributed by atoms with E-state index in [1.54, 1.807) is 6.21 Å². The van der Waals surface area contributed by atoms with Crippen molar-refractivity contribution in [2.45, 2.75) is 13.0 Å². The van der Waals surface area contributed by atoms with Gasteiger partial charge in [-0.3, -0.25) is 9.59 Å². The fourth-order valence-corrected chi connectivity index (χ4v) is 6.60. The van der Waals surface area contributed by atoms with Crippen LogP contribution >= 0.6 is 11.6 Å². The summed E-state index contributed by atoms with van der Waals surface area (Å²) in [4.78, 5) is 26.4. The number of halogens is 1. The highest BCUT2D eigenvalue weighted by Crippen LogP contribution is 2.65. The van der Waals surface area contributed by atoms with Crippen LogP contribution in [0, 0.1) is 35.5 Å². The number of imide groups is 1. The Kier molecular flexibility index (Phi) is 4.04. The van der Waals surface area contributed by atoms with Gasteiger partial charge in [0.15, 0.2) is 0 Å². The van der Waals surface area contributed by atoms with Crippen LogP contribution in [-0.4, -0.2) is 27.6 Å². The largest absolute Gasteiger partial charge is 0.342 e. The summed E-state index contributed by atoms with van der Waals surface area (Å²) in [6, 6.07) is 15.9. The Morgan fingerprint density at radius 2 is 1.61 bits per heavy atom. The zero-order valence-electron chi connectivity index (χ0n) is 17.8. The van der Waals surface area contributed by atoms with Crippen molar-refractivity contribution in [2.75, 3.05) is 0 Å². The molecule has 1 saturated heterocycles. The van der Waals surface area contributed by atoms with Crippen molar-refractivity contribution in [3.8, 4) is 0 Å². The minimum atomic E-state index is -0.223. The second kappa shape index (κ2) is 6.91. The first kappa shape index (κ1) is 19.3. The van der Waals surface area contributed by atoms with Gasteiger partial charge in [0, 0.05) is 34.2 Å². The molecule has 2 heterocycles. The summed E-state index contributed by atoms with van der Waals surface area (Å²) in [7, 11) is 0. The maximum Gasteiger partial charge on any atom is 0.254 e. The third-order valence-corrected chi connectivity index (χ3v) is 8.29. The summed E-state index contributed by atoms with van der Waals surface area (Å²) in [5, 5.41) is 7.35. The van der Waals surface area contributed by atoms with E-state index in [9.17, 15) is 9.59 Å². The number of fused-ring (bicyclic) bond motifs is 1. The fraction of sp³-hybridized carbons (Fsp3) is 0.296. The Balaban J connectivity index is 1.20. The Labute approximate surface area is 196 Å². The molecule has 6 atom stereocenters. The van der Waals surface area contributed by atoms with Crippen molar-refractivity contribution >= 4 is 40.5 Å². The normalized spacial score (nSPS) is 31.6. The zero-order chi connectivity index (χ0) is 22.3. The highest BCUT2D eigenvalue weighted by Gasteiger charge is 2.67. The lowest BCUT2D eigenvalue weighted by Gasteiger charge is -2.37. The molecule has 1 aromatic heterocycles. The quantitative estimate of drug-likeness (QED) is 0.324. The first-order chi connectivity index (χ1) is 16.1. The first-order valence-electron chi connectivity index (χ1n) is 11.5. The van der Waals surface area contributed by atoms with Gasteiger partial charge in [0.25, 0.3) is 11.8 Å². The molecule has 8 rings (SSSR count). The molecule has 2 amide bonds. The summed E-state index contributed by atoms with van der Waals surface area (Å²) < 4.78 is 2.16. The van der Waals surface area contributed by atoms with Crippen LogP contribution in [0.4, 0.5) is 0 Å². The van der Waals surface area contributed by atoms with Gasteiger partial charge in [-0.1, -0.05) is 54.1 Å². The van der Waals surface area contributed by atoms with Gasteiger partial charge in [-0.05, 0) is 53.9 Å². The number of para-hydroxylation sites is 1. The molecule has 3 fully saturated rings. The van der Waals surface area contributed by atoms with E-state index in [2.05, 4.69) is 27.9 Å². The number of nitrogens with zero attached hydrogens (tertiary/aromatic N) is 3. The number of amides is 2. The molecule has 33 heavy (non-hydrogen) atoms. The topological polar surface area (TPSA) is 54.7 Å². The predicted octanol–water partition coefficient (Wildman–Crippen LogP) is 4.73. The molecule has 5 aliphatic rings. The lowest BCUT2D eigenvalue weighted by molar-refractivity contribution is -0.140. The summed E-state index contributed by atoms with van der Waals surface area (Å²) in [6.07, 6.45) is 9.23. The molecule has 2 saturated carbocycles. The standard InChI is InChI=1S/C27H22ClN3O2/c28-17-7-5-15(6-8-17)13-30-14-16(18-3-1-2-4-23(18)30)12-29-31-26(32)24-19-9-10-20(22-11-21(19)22)25(24)27(31)33/h1-10,12,14,19-22,24-25H,11,13H2/b29-12-/t19-,20-,21-,22-,24-,25+/m0/s1. The van der Waals surface area contributed by atoms with E-state index in [0.29, 0.717) is 23.4 Å². The van der Waals surface area contributed by atoms with Crippen molar-refractivity contribution in [1.82, 2.24) is 9.58 Å². The van der Waals surface area contributed by atoms with E-state index in [4.69, 9.17) is 11.6 Å². The molecule has 1 aliphatic heterocycles. The number of rotatable bonds is 4. The fourth-order valence-electron chi connectivity index (χ4n) is 6.47. The lowest BCUT2D eigenvalue weighted by atomic mass is 9.63. The van der Waals surface area contributed by atoms with E-state index >= 15 is 0 Å². The average molecular weight is 456 g/mol. The van der Waals surface area contributed by atoms with E-state index in [0.717, 1.165) is 33.5 Å². The minimum absolute atomic E-state index is 0.129. The van der Waals surface area contributed by atoms with E-state index in [-0.39, 0.29) is 35.5 Å². The van der Waals surface area contributed by atoms with Crippen molar-refractivity contribution < 1.29 is 9.59 Å². The number of allylic oxidation sites excluding steroid dienone is 2. The molecule has 0 spiro atoms. The molecule has 2 bridgehead atoms. The number of benzene rings is 2. The van der Waals surface area contributed by atoms with Crippen LogP contribution in [0.25, 0.3) is 10.9 Å². The Bertz CT molecular complexity index is 1340. The monoisotopic (exact) mass is 455 g/mol. The number of hydrogen-bond acceptors (Lipinski definition) is 3. The summed E-state index contributed by atoms with van der Waals surface area (Å²) in [5.74, 6) is 0.900. The van der Waals surface area contributed by atoms with Gasteiger partial charge in [-0.15, -0.1) is 0 Å². The molecule has 4 aliphatic carbocycles. The molecular formula is C27H22ClN3O2. The van der Waals surface area contributed by atoms with Crippen LogP contribution in [0.5, 0.6) is 0 Å². The maximum atomic E-state index is 13.2.